The molecule has 0 spiro atoms. The number of unbranched alkanes of at least 4 members (excludes halogenated alkanes) is 1. The molecule has 2 saturated heterocycles. The van der Waals surface area contributed by atoms with Gasteiger partial charge in [-0.2, -0.15) is 5.10 Å². The summed E-state index contributed by atoms with van der Waals surface area (Å²) in [4.78, 5) is 43.5. The molecule has 238 valence electrons. The lowest BCUT2D eigenvalue weighted by Crippen LogP contribution is -2.55. The van der Waals surface area contributed by atoms with Crippen molar-refractivity contribution in [1.29, 1.82) is 0 Å². The van der Waals surface area contributed by atoms with Crippen molar-refractivity contribution in [3.8, 4) is 0 Å². The van der Waals surface area contributed by atoms with Crippen molar-refractivity contribution in [3.63, 3.8) is 0 Å². The Bertz CT molecular complexity index is 1230. The zero-order valence-corrected chi connectivity index (χ0v) is 26.4. The van der Waals surface area contributed by atoms with Crippen LogP contribution in [-0.2, 0) is 20.7 Å². The van der Waals surface area contributed by atoms with E-state index >= 15 is 0 Å². The van der Waals surface area contributed by atoms with Gasteiger partial charge in [0.2, 0.25) is 11.8 Å². The maximum atomic E-state index is 13.7. The molecular formula is C32H51N7O4. The maximum Gasteiger partial charge on any atom is 0.407 e. The molecule has 0 bridgehead atoms. The molecule has 2 aliphatic heterocycles. The van der Waals surface area contributed by atoms with Gasteiger partial charge in [0.1, 0.15) is 11.6 Å². The molecule has 1 aromatic heterocycles. The number of amides is 3. The number of nitrogens with two attached hydrogens (primary N) is 1. The number of aromatic nitrogens is 2. The highest BCUT2D eigenvalue weighted by atomic mass is 16.6. The van der Waals surface area contributed by atoms with Gasteiger partial charge in [-0.05, 0) is 109 Å². The molecule has 5 N–H and O–H groups in total. The Labute approximate surface area is 255 Å². The number of nitrogens with zero attached hydrogens (tertiary/aromatic N) is 3. The summed E-state index contributed by atoms with van der Waals surface area (Å²) in [6.45, 7) is 11.6. The van der Waals surface area contributed by atoms with E-state index < -0.39 is 23.8 Å². The predicted octanol–water partition coefficient (Wildman–Crippen LogP) is 3.40. The van der Waals surface area contributed by atoms with Crippen LogP contribution in [0.1, 0.15) is 83.3 Å². The van der Waals surface area contributed by atoms with Crippen molar-refractivity contribution in [3.05, 3.63) is 29.5 Å². The molecule has 0 aliphatic carbocycles. The van der Waals surface area contributed by atoms with Gasteiger partial charge in [0.15, 0.2) is 0 Å². The Morgan fingerprint density at radius 3 is 2.51 bits per heavy atom. The average Bonchev–Trinajstić information content (AvgIpc) is 3.45. The monoisotopic (exact) mass is 597 g/mol. The second-order valence-electron chi connectivity index (χ2n) is 13.2. The molecule has 2 fully saturated rings. The number of H-pyrrole nitrogens is 1. The highest BCUT2D eigenvalue weighted by Gasteiger charge is 2.32. The largest absolute Gasteiger partial charge is 0.444 e. The number of carbonyl (C=O) groups excluding carboxylic acids is 3. The minimum atomic E-state index is -0.794. The maximum absolute atomic E-state index is 13.7. The van der Waals surface area contributed by atoms with E-state index in [0.717, 1.165) is 48.0 Å². The van der Waals surface area contributed by atoms with Crippen LogP contribution in [0.3, 0.4) is 0 Å². The molecule has 0 unspecified atom stereocenters. The number of nitrogens with one attached hydrogen (secondary N) is 3. The van der Waals surface area contributed by atoms with E-state index in [2.05, 4.69) is 25.7 Å². The van der Waals surface area contributed by atoms with Crippen LogP contribution in [-0.4, -0.2) is 94.4 Å². The predicted molar refractivity (Wildman–Crippen MR) is 168 cm³/mol. The van der Waals surface area contributed by atoms with Crippen molar-refractivity contribution in [1.82, 2.24) is 30.6 Å². The molecule has 11 nitrogen and oxygen atoms in total. The molecule has 3 heterocycles. The van der Waals surface area contributed by atoms with E-state index in [4.69, 9.17) is 10.5 Å². The van der Waals surface area contributed by atoms with Gasteiger partial charge >= 0.3 is 6.09 Å². The lowest BCUT2D eigenvalue weighted by molar-refractivity contribution is -0.138. The smallest absolute Gasteiger partial charge is 0.407 e. The van der Waals surface area contributed by atoms with Crippen molar-refractivity contribution in [2.24, 2.45) is 5.73 Å². The number of piperidine rings is 2. The Balaban J connectivity index is 1.33. The average molecular weight is 598 g/mol. The quantitative estimate of drug-likeness (QED) is 0.291. The van der Waals surface area contributed by atoms with Crippen LogP contribution >= 0.6 is 0 Å². The number of hydrogen-bond donors (Lipinski definition) is 4. The number of alkyl carbamates (subject to hydrolysis) is 1. The second kappa shape index (κ2) is 15.0. The first-order chi connectivity index (χ1) is 20.5. The Kier molecular flexibility index (Phi) is 11.4. The van der Waals surface area contributed by atoms with E-state index in [-0.39, 0.29) is 11.8 Å². The van der Waals surface area contributed by atoms with Gasteiger partial charge in [-0.25, -0.2) is 4.79 Å². The number of carbonyl (C=O) groups is 3. The van der Waals surface area contributed by atoms with Crippen LogP contribution in [0.4, 0.5) is 4.79 Å². The first-order valence-corrected chi connectivity index (χ1v) is 16.0. The molecule has 2 aromatic rings. The summed E-state index contributed by atoms with van der Waals surface area (Å²) >= 11 is 0. The molecule has 0 saturated carbocycles. The number of fused-ring (bicyclic) bond motifs is 1. The van der Waals surface area contributed by atoms with Gasteiger partial charge in [-0.3, -0.25) is 14.7 Å². The Morgan fingerprint density at radius 2 is 1.81 bits per heavy atom. The SMILES string of the molecule is Cc1cc(C[C@@H](N)C(=O)N[C@@H](CCCCNC(=O)OC(C)(C)C)C(=O)N2CCC(N3CCCCC3)CC2)cc2cn[nH]c12. The summed E-state index contributed by atoms with van der Waals surface area (Å²) in [6, 6.07) is 3.08. The highest BCUT2D eigenvalue weighted by molar-refractivity contribution is 5.90. The van der Waals surface area contributed by atoms with Crippen LogP contribution in [0.25, 0.3) is 10.9 Å². The zero-order valence-electron chi connectivity index (χ0n) is 26.4. The first kappa shape index (κ1) is 32.7. The van der Waals surface area contributed by atoms with Crippen molar-refractivity contribution in [2.75, 3.05) is 32.7 Å². The summed E-state index contributed by atoms with van der Waals surface area (Å²) in [5, 5.41) is 13.8. The minimum Gasteiger partial charge on any atom is -0.444 e. The van der Waals surface area contributed by atoms with Crippen molar-refractivity contribution >= 4 is 28.8 Å². The second-order valence-corrected chi connectivity index (χ2v) is 13.2. The molecule has 2 aliphatic rings. The molecule has 2 atom stereocenters. The van der Waals surface area contributed by atoms with Crippen molar-refractivity contribution < 1.29 is 19.1 Å². The third kappa shape index (κ3) is 9.66. The van der Waals surface area contributed by atoms with Gasteiger partial charge in [-0.15, -0.1) is 0 Å². The molecule has 3 amide bonds. The Morgan fingerprint density at radius 1 is 1.09 bits per heavy atom. The normalized spacial score (nSPS) is 18.3. The summed E-state index contributed by atoms with van der Waals surface area (Å²) < 4.78 is 5.30. The summed E-state index contributed by atoms with van der Waals surface area (Å²) in [5.74, 6) is -0.383. The van der Waals surface area contributed by atoms with Crippen LogP contribution in [0.2, 0.25) is 0 Å². The molecular weight excluding hydrogens is 546 g/mol. The van der Waals surface area contributed by atoms with Crippen LogP contribution < -0.4 is 16.4 Å². The van der Waals surface area contributed by atoms with Crippen molar-refractivity contribution in [2.45, 2.75) is 109 Å². The number of benzene rings is 1. The number of likely N-dealkylation sites (tertiary alicyclic amines) is 2. The van der Waals surface area contributed by atoms with Crippen LogP contribution in [0.5, 0.6) is 0 Å². The van der Waals surface area contributed by atoms with Gasteiger partial charge in [0.25, 0.3) is 0 Å². The number of hydrogen-bond acceptors (Lipinski definition) is 7. The first-order valence-electron chi connectivity index (χ1n) is 16.0. The molecule has 11 heteroatoms. The highest BCUT2D eigenvalue weighted by Crippen LogP contribution is 2.22. The minimum absolute atomic E-state index is 0.0478. The lowest BCUT2D eigenvalue weighted by atomic mass is 9.98. The third-order valence-corrected chi connectivity index (χ3v) is 8.48. The van der Waals surface area contributed by atoms with E-state index in [1.54, 1.807) is 6.20 Å². The van der Waals surface area contributed by atoms with Gasteiger partial charge in [-0.1, -0.05) is 12.5 Å². The Hall–Kier alpha value is -3.18. The summed E-state index contributed by atoms with van der Waals surface area (Å²) in [7, 11) is 0. The topological polar surface area (TPSA) is 146 Å². The van der Waals surface area contributed by atoms with Crippen LogP contribution in [0.15, 0.2) is 18.3 Å². The molecule has 0 radical (unpaired) electrons. The lowest BCUT2D eigenvalue weighted by Gasteiger charge is -2.41. The van der Waals surface area contributed by atoms with E-state index in [9.17, 15) is 14.4 Å². The van der Waals surface area contributed by atoms with Gasteiger partial charge in [0.05, 0.1) is 17.8 Å². The molecule has 4 rings (SSSR count). The number of aromatic amines is 1. The number of ether oxygens (including phenoxy) is 1. The summed E-state index contributed by atoms with van der Waals surface area (Å²) in [5.41, 5.74) is 8.78. The van der Waals surface area contributed by atoms with E-state index in [1.165, 1.54) is 19.3 Å². The number of aryl methyl sites for hydroxylation is 1. The van der Waals surface area contributed by atoms with Gasteiger partial charge in [0, 0.05) is 31.1 Å². The van der Waals surface area contributed by atoms with Crippen LogP contribution in [0, 0.1) is 6.92 Å². The molecule has 1 aromatic carbocycles. The van der Waals surface area contributed by atoms with E-state index in [1.807, 2.05) is 44.7 Å². The zero-order chi connectivity index (χ0) is 31.0. The van der Waals surface area contributed by atoms with Gasteiger partial charge < -0.3 is 30.9 Å². The fourth-order valence-corrected chi connectivity index (χ4v) is 6.25. The summed E-state index contributed by atoms with van der Waals surface area (Å²) in [6.07, 6.45) is 9.18. The third-order valence-electron chi connectivity index (χ3n) is 8.48. The fourth-order valence-electron chi connectivity index (χ4n) is 6.25. The number of rotatable bonds is 11. The standard InChI is InChI=1S/C32H51N7O4/c1-22-18-23(19-24-21-35-37-28(22)24)20-26(33)29(40)36-27(10-6-7-13-34-31(42)43-32(2,3)4)30(41)39-16-11-25(12-17-39)38-14-8-5-9-15-38/h18-19,21,25-27H,5-17,20,33H2,1-4H3,(H,34,42)(H,35,37)(H,36,40)/t26-,27+/m1/s1. The fraction of sp³-hybridized carbons (Fsp3) is 0.688. The molecule has 43 heavy (non-hydrogen) atoms. The van der Waals surface area contributed by atoms with E-state index in [0.29, 0.717) is 51.4 Å².